The zero-order valence-corrected chi connectivity index (χ0v) is 29.2. The highest BCUT2D eigenvalue weighted by Gasteiger charge is 2.19. The van der Waals surface area contributed by atoms with Crippen LogP contribution < -0.4 is 4.74 Å². The number of hydrogen-bond donors (Lipinski definition) is 0. The SMILES string of the molecule is Cc1cc(C)c(-c2ccc3c4ccc(Oc5ccc6c7ccccc7n(-c7cc(C(C)(C)C)ccn7)c6c5)cc4c4nccn4c3c2)c(C)c1. The summed E-state index contributed by atoms with van der Waals surface area (Å²) in [6, 6.07) is 36.9. The van der Waals surface area contributed by atoms with Crippen LogP contribution in [0.4, 0.5) is 0 Å². The van der Waals surface area contributed by atoms with E-state index in [0.717, 1.165) is 55.7 Å². The molecule has 5 heteroatoms. The molecule has 9 rings (SSSR count). The molecule has 0 saturated heterocycles. The molecular weight excluding hydrogens is 613 g/mol. The number of aryl methyl sites for hydroxylation is 3. The van der Waals surface area contributed by atoms with Crippen LogP contribution >= 0.6 is 0 Å². The highest BCUT2D eigenvalue weighted by molar-refractivity contribution is 6.13. The molecule has 0 bridgehead atoms. The van der Waals surface area contributed by atoms with Gasteiger partial charge in [-0.2, -0.15) is 0 Å². The average molecular weight is 651 g/mol. The molecule has 0 N–H and O–H groups in total. The van der Waals surface area contributed by atoms with E-state index in [2.05, 4.69) is 160 Å². The van der Waals surface area contributed by atoms with Crippen molar-refractivity contribution in [3.05, 3.63) is 144 Å². The number of benzene rings is 5. The maximum atomic E-state index is 6.64. The molecule has 0 aliphatic carbocycles. The molecule has 244 valence electrons. The van der Waals surface area contributed by atoms with Gasteiger partial charge < -0.3 is 4.74 Å². The molecule has 0 saturated carbocycles. The lowest BCUT2D eigenvalue weighted by Gasteiger charge is -2.20. The first-order valence-corrected chi connectivity index (χ1v) is 17.2. The van der Waals surface area contributed by atoms with Gasteiger partial charge in [0.25, 0.3) is 0 Å². The molecule has 5 aromatic carbocycles. The lowest BCUT2D eigenvalue weighted by atomic mass is 9.88. The predicted octanol–water partition coefficient (Wildman–Crippen LogP) is 11.8. The second kappa shape index (κ2) is 11.0. The van der Waals surface area contributed by atoms with Crippen molar-refractivity contribution in [2.45, 2.75) is 47.0 Å². The van der Waals surface area contributed by atoms with E-state index in [1.807, 2.05) is 12.4 Å². The first-order valence-electron chi connectivity index (χ1n) is 17.2. The highest BCUT2D eigenvalue weighted by atomic mass is 16.5. The first kappa shape index (κ1) is 30.1. The van der Waals surface area contributed by atoms with Crippen LogP contribution in [-0.4, -0.2) is 18.9 Å². The smallest absolute Gasteiger partial charge is 0.145 e. The molecule has 0 amide bonds. The van der Waals surface area contributed by atoms with Crippen molar-refractivity contribution in [3.63, 3.8) is 0 Å². The fraction of sp³-hybridized carbons (Fsp3) is 0.156. The number of aromatic nitrogens is 4. The van der Waals surface area contributed by atoms with Crippen LogP contribution in [0.1, 0.15) is 43.0 Å². The lowest BCUT2D eigenvalue weighted by molar-refractivity contribution is 0.484. The molecule has 0 radical (unpaired) electrons. The Bertz CT molecular complexity index is 2790. The summed E-state index contributed by atoms with van der Waals surface area (Å²) in [6.45, 7) is 13.3. The third-order valence-corrected chi connectivity index (χ3v) is 10.1. The minimum Gasteiger partial charge on any atom is -0.457 e. The number of hydrogen-bond acceptors (Lipinski definition) is 3. The summed E-state index contributed by atoms with van der Waals surface area (Å²) in [4.78, 5) is 9.67. The Balaban J connectivity index is 1.16. The number of para-hydroxylation sites is 1. The van der Waals surface area contributed by atoms with Gasteiger partial charge in [-0.1, -0.05) is 68.8 Å². The van der Waals surface area contributed by atoms with Gasteiger partial charge in [0.05, 0.1) is 16.6 Å². The number of rotatable bonds is 4. The van der Waals surface area contributed by atoms with Gasteiger partial charge in [-0.15, -0.1) is 0 Å². The number of imidazole rings is 1. The molecule has 0 aliphatic rings. The zero-order valence-electron chi connectivity index (χ0n) is 29.2. The molecule has 5 nitrogen and oxygen atoms in total. The third-order valence-electron chi connectivity index (χ3n) is 10.1. The summed E-state index contributed by atoms with van der Waals surface area (Å²) < 4.78 is 11.1. The Morgan fingerprint density at radius 2 is 1.28 bits per heavy atom. The maximum absolute atomic E-state index is 6.64. The molecular formula is C45H38N4O. The molecule has 0 fully saturated rings. The predicted molar refractivity (Wildman–Crippen MR) is 207 cm³/mol. The molecule has 0 unspecified atom stereocenters. The number of pyridine rings is 2. The van der Waals surface area contributed by atoms with E-state index in [-0.39, 0.29) is 5.41 Å². The normalized spacial score (nSPS) is 12.2. The largest absolute Gasteiger partial charge is 0.457 e. The second-order valence-corrected chi connectivity index (χ2v) is 14.6. The van der Waals surface area contributed by atoms with Gasteiger partial charge in [-0.3, -0.25) is 8.97 Å². The maximum Gasteiger partial charge on any atom is 0.145 e. The Morgan fingerprint density at radius 3 is 2.08 bits per heavy atom. The molecule has 50 heavy (non-hydrogen) atoms. The second-order valence-electron chi connectivity index (χ2n) is 14.6. The van der Waals surface area contributed by atoms with E-state index in [9.17, 15) is 0 Å². The van der Waals surface area contributed by atoms with Crippen molar-refractivity contribution in [2.75, 3.05) is 0 Å². The van der Waals surface area contributed by atoms with Crippen LogP contribution in [-0.2, 0) is 5.41 Å². The van der Waals surface area contributed by atoms with E-state index in [0.29, 0.717) is 0 Å². The Hall–Kier alpha value is -5.94. The molecule has 0 aliphatic heterocycles. The van der Waals surface area contributed by atoms with Gasteiger partial charge in [0.2, 0.25) is 0 Å². The zero-order chi connectivity index (χ0) is 34.3. The number of fused-ring (bicyclic) bond motifs is 9. The van der Waals surface area contributed by atoms with E-state index in [1.54, 1.807) is 0 Å². The molecule has 4 aromatic heterocycles. The van der Waals surface area contributed by atoms with Crippen LogP contribution in [0.5, 0.6) is 11.5 Å². The van der Waals surface area contributed by atoms with E-state index in [1.165, 1.54) is 44.2 Å². The fourth-order valence-electron chi connectivity index (χ4n) is 7.86. The summed E-state index contributed by atoms with van der Waals surface area (Å²) in [5, 5.41) is 5.73. The minimum absolute atomic E-state index is 0.00780. The first-order chi connectivity index (χ1) is 24.1. The molecule has 0 spiro atoms. The van der Waals surface area contributed by atoms with E-state index < -0.39 is 0 Å². The van der Waals surface area contributed by atoms with Crippen molar-refractivity contribution in [3.8, 4) is 28.4 Å². The summed E-state index contributed by atoms with van der Waals surface area (Å²) in [5.41, 5.74) is 11.9. The summed E-state index contributed by atoms with van der Waals surface area (Å²) >= 11 is 0. The Kier molecular flexibility index (Phi) is 6.66. The van der Waals surface area contributed by atoms with Crippen molar-refractivity contribution in [2.24, 2.45) is 0 Å². The van der Waals surface area contributed by atoms with Crippen LogP contribution in [0.3, 0.4) is 0 Å². The number of ether oxygens (including phenoxy) is 1. The fourth-order valence-corrected chi connectivity index (χ4v) is 7.86. The van der Waals surface area contributed by atoms with Crippen molar-refractivity contribution in [1.82, 2.24) is 18.9 Å². The van der Waals surface area contributed by atoms with Gasteiger partial charge in [-0.25, -0.2) is 9.97 Å². The monoisotopic (exact) mass is 650 g/mol. The Labute approximate surface area is 291 Å². The minimum atomic E-state index is 0.00780. The molecule has 0 atom stereocenters. The summed E-state index contributed by atoms with van der Waals surface area (Å²) in [6.07, 6.45) is 5.85. The topological polar surface area (TPSA) is 44.3 Å². The number of nitrogens with zero attached hydrogens (tertiary/aromatic N) is 4. The van der Waals surface area contributed by atoms with Gasteiger partial charge >= 0.3 is 0 Å². The van der Waals surface area contributed by atoms with Crippen LogP contribution in [0.2, 0.25) is 0 Å². The van der Waals surface area contributed by atoms with E-state index >= 15 is 0 Å². The third kappa shape index (κ3) is 4.76. The summed E-state index contributed by atoms with van der Waals surface area (Å²) in [7, 11) is 0. The van der Waals surface area contributed by atoms with Crippen molar-refractivity contribution < 1.29 is 4.74 Å². The van der Waals surface area contributed by atoms with Gasteiger partial charge in [0.15, 0.2) is 0 Å². The van der Waals surface area contributed by atoms with Crippen LogP contribution in [0.25, 0.3) is 66.1 Å². The average Bonchev–Trinajstić information content (AvgIpc) is 3.71. The quantitative estimate of drug-likeness (QED) is 0.178. The van der Waals surface area contributed by atoms with Gasteiger partial charge in [0.1, 0.15) is 23.0 Å². The lowest BCUT2D eigenvalue weighted by Crippen LogP contribution is -2.12. The van der Waals surface area contributed by atoms with E-state index in [4.69, 9.17) is 14.7 Å². The van der Waals surface area contributed by atoms with Gasteiger partial charge in [-0.05, 0) is 114 Å². The summed E-state index contributed by atoms with van der Waals surface area (Å²) in [5.74, 6) is 2.43. The van der Waals surface area contributed by atoms with Crippen molar-refractivity contribution >= 4 is 49.1 Å². The Morgan fingerprint density at radius 1 is 0.580 bits per heavy atom. The van der Waals surface area contributed by atoms with Gasteiger partial charge in [0, 0.05) is 46.2 Å². The van der Waals surface area contributed by atoms with Crippen molar-refractivity contribution in [1.29, 1.82) is 0 Å². The van der Waals surface area contributed by atoms with Crippen LogP contribution in [0.15, 0.2) is 122 Å². The highest BCUT2D eigenvalue weighted by Crippen LogP contribution is 2.39. The standard InChI is InChI=1S/C45H38N4O/c1-27-21-28(2)43(29(3)22-27)30-11-14-36-34-15-12-32(25-38(34)44-47-19-20-48(44)40(36)23-30)50-33-13-16-37-35-9-7-8-10-39(35)49(41(37)26-33)42-24-31(17-18-46-42)45(4,5)6/h7-26H,1-6H3. The molecule has 4 heterocycles. The molecule has 9 aromatic rings. The van der Waals surface area contributed by atoms with Crippen LogP contribution in [0, 0.1) is 20.8 Å².